The molecule has 0 saturated heterocycles. The first kappa shape index (κ1) is 10.5. The molecule has 78 valence electrons. The highest BCUT2D eigenvalue weighted by Crippen LogP contribution is 2.04. The number of carbonyl (C=O) groups is 1. The fourth-order valence-electron chi connectivity index (χ4n) is 0.996. The molecule has 1 unspecified atom stereocenters. The van der Waals surface area contributed by atoms with Gasteiger partial charge in [-0.15, -0.1) is 5.10 Å². The number of nitrogen functional groups attached to an aromatic ring is 1. The maximum Gasteiger partial charge on any atom is 0.244 e. The van der Waals surface area contributed by atoms with Crippen LogP contribution in [-0.2, 0) is 4.79 Å². The largest absolute Gasteiger partial charge is 0.381 e. The van der Waals surface area contributed by atoms with Gasteiger partial charge in [0.1, 0.15) is 6.04 Å². The van der Waals surface area contributed by atoms with E-state index in [9.17, 15) is 4.79 Å². The second-order valence-corrected chi connectivity index (χ2v) is 3.09. The molecule has 14 heavy (non-hydrogen) atoms. The van der Waals surface area contributed by atoms with E-state index in [-0.39, 0.29) is 11.9 Å². The molecule has 0 aliphatic heterocycles. The van der Waals surface area contributed by atoms with E-state index in [2.05, 4.69) is 15.6 Å². The third kappa shape index (κ3) is 2.45. The summed E-state index contributed by atoms with van der Waals surface area (Å²) in [6.07, 6.45) is 2.45. The van der Waals surface area contributed by atoms with Crippen molar-refractivity contribution in [2.75, 3.05) is 12.3 Å². The first-order chi connectivity index (χ1) is 6.65. The first-order valence-electron chi connectivity index (χ1n) is 4.60. The fraction of sp³-hybridized carbons (Fsp3) is 0.625. The van der Waals surface area contributed by atoms with Crippen molar-refractivity contribution in [3.8, 4) is 0 Å². The quantitative estimate of drug-likeness (QED) is 0.708. The third-order valence-electron chi connectivity index (χ3n) is 1.85. The van der Waals surface area contributed by atoms with Crippen LogP contribution in [0.15, 0.2) is 6.20 Å². The van der Waals surface area contributed by atoms with E-state index in [0.29, 0.717) is 12.4 Å². The Kier molecular flexibility index (Phi) is 3.44. The lowest BCUT2D eigenvalue weighted by molar-refractivity contribution is -0.124. The standard InChI is InChI=1S/C8H15N5O/c1-3-4-10-8(14)6(2)13-5-7(9)11-12-13/h5-6H,3-4,9H2,1-2H3,(H,10,14). The Hall–Kier alpha value is -1.59. The molecule has 0 spiro atoms. The molecule has 1 aromatic rings. The maximum absolute atomic E-state index is 11.5. The number of carbonyl (C=O) groups excluding carboxylic acids is 1. The average Bonchev–Trinajstić information content (AvgIpc) is 2.60. The monoisotopic (exact) mass is 197 g/mol. The molecule has 0 radical (unpaired) electrons. The van der Waals surface area contributed by atoms with E-state index >= 15 is 0 Å². The summed E-state index contributed by atoms with van der Waals surface area (Å²) in [5.41, 5.74) is 5.39. The zero-order valence-electron chi connectivity index (χ0n) is 8.40. The first-order valence-corrected chi connectivity index (χ1v) is 4.60. The van der Waals surface area contributed by atoms with Gasteiger partial charge in [0.05, 0.1) is 6.20 Å². The summed E-state index contributed by atoms with van der Waals surface area (Å²) in [5, 5.41) is 10.1. The minimum Gasteiger partial charge on any atom is -0.381 e. The molecule has 0 bridgehead atoms. The van der Waals surface area contributed by atoms with Crippen LogP contribution in [0.1, 0.15) is 26.3 Å². The summed E-state index contributed by atoms with van der Waals surface area (Å²) < 4.78 is 1.44. The number of nitrogens with zero attached hydrogens (tertiary/aromatic N) is 3. The Morgan fingerprint density at radius 3 is 3.00 bits per heavy atom. The second kappa shape index (κ2) is 4.59. The molecule has 6 heteroatoms. The van der Waals surface area contributed by atoms with Crippen molar-refractivity contribution in [1.29, 1.82) is 0 Å². The zero-order valence-corrected chi connectivity index (χ0v) is 8.40. The summed E-state index contributed by atoms with van der Waals surface area (Å²) in [6, 6.07) is -0.369. The van der Waals surface area contributed by atoms with Crippen molar-refractivity contribution in [3.63, 3.8) is 0 Å². The highest BCUT2D eigenvalue weighted by atomic mass is 16.2. The number of rotatable bonds is 4. The van der Waals surface area contributed by atoms with Gasteiger partial charge in [-0.1, -0.05) is 12.1 Å². The van der Waals surface area contributed by atoms with Gasteiger partial charge in [-0.3, -0.25) is 4.79 Å². The van der Waals surface area contributed by atoms with Crippen LogP contribution in [0.3, 0.4) is 0 Å². The van der Waals surface area contributed by atoms with Crippen molar-refractivity contribution in [2.24, 2.45) is 0 Å². The van der Waals surface area contributed by atoms with Gasteiger partial charge in [-0.25, -0.2) is 4.68 Å². The van der Waals surface area contributed by atoms with Crippen molar-refractivity contribution in [3.05, 3.63) is 6.20 Å². The third-order valence-corrected chi connectivity index (χ3v) is 1.85. The number of amides is 1. The minimum absolute atomic E-state index is 0.0725. The topological polar surface area (TPSA) is 85.8 Å². The molecule has 3 N–H and O–H groups in total. The van der Waals surface area contributed by atoms with Crippen molar-refractivity contribution in [1.82, 2.24) is 20.3 Å². The van der Waals surface area contributed by atoms with Gasteiger partial charge in [0.2, 0.25) is 5.91 Å². The van der Waals surface area contributed by atoms with E-state index in [1.54, 1.807) is 6.92 Å². The van der Waals surface area contributed by atoms with Gasteiger partial charge in [0.25, 0.3) is 0 Å². The van der Waals surface area contributed by atoms with Crippen molar-refractivity contribution in [2.45, 2.75) is 26.3 Å². The van der Waals surface area contributed by atoms with E-state index in [1.807, 2.05) is 6.92 Å². The molecule has 1 amide bonds. The predicted molar refractivity (Wildman–Crippen MR) is 52.4 cm³/mol. The highest BCUT2D eigenvalue weighted by molar-refractivity contribution is 5.79. The van der Waals surface area contributed by atoms with Crippen LogP contribution >= 0.6 is 0 Å². The number of nitrogens with two attached hydrogens (primary N) is 1. The second-order valence-electron chi connectivity index (χ2n) is 3.09. The molecule has 0 aromatic carbocycles. The molecule has 1 aromatic heterocycles. The predicted octanol–water partition coefficient (Wildman–Crippen LogP) is -0.0525. The normalized spacial score (nSPS) is 12.4. The highest BCUT2D eigenvalue weighted by Gasteiger charge is 2.14. The van der Waals surface area contributed by atoms with Gasteiger partial charge in [0, 0.05) is 6.54 Å². The molecular weight excluding hydrogens is 182 g/mol. The van der Waals surface area contributed by atoms with Crippen LogP contribution in [0.5, 0.6) is 0 Å². The lowest BCUT2D eigenvalue weighted by Crippen LogP contribution is -2.31. The van der Waals surface area contributed by atoms with Gasteiger partial charge in [0.15, 0.2) is 5.82 Å². The van der Waals surface area contributed by atoms with E-state index in [4.69, 9.17) is 5.73 Å². The lowest BCUT2D eigenvalue weighted by atomic mass is 10.3. The fourth-order valence-corrected chi connectivity index (χ4v) is 0.996. The number of nitrogens with one attached hydrogen (secondary N) is 1. The van der Waals surface area contributed by atoms with Gasteiger partial charge in [-0.05, 0) is 13.3 Å². The molecule has 0 aliphatic carbocycles. The molecule has 1 rings (SSSR count). The Labute approximate surface area is 82.5 Å². The summed E-state index contributed by atoms with van der Waals surface area (Å²) >= 11 is 0. The van der Waals surface area contributed by atoms with E-state index in [0.717, 1.165) is 6.42 Å². The number of hydrogen-bond acceptors (Lipinski definition) is 4. The van der Waals surface area contributed by atoms with Crippen LogP contribution in [0.25, 0.3) is 0 Å². The molecule has 1 heterocycles. The van der Waals surface area contributed by atoms with Crippen LogP contribution in [0, 0.1) is 0 Å². The molecular formula is C8H15N5O. The molecule has 6 nitrogen and oxygen atoms in total. The zero-order chi connectivity index (χ0) is 10.6. The summed E-state index contributed by atoms with van der Waals surface area (Å²) in [4.78, 5) is 11.5. The van der Waals surface area contributed by atoms with Crippen LogP contribution in [0.4, 0.5) is 5.82 Å². The molecule has 0 saturated carbocycles. The Balaban J connectivity index is 2.56. The smallest absolute Gasteiger partial charge is 0.244 e. The van der Waals surface area contributed by atoms with Crippen LogP contribution in [-0.4, -0.2) is 27.4 Å². The van der Waals surface area contributed by atoms with Gasteiger partial charge < -0.3 is 11.1 Å². The van der Waals surface area contributed by atoms with Crippen molar-refractivity contribution < 1.29 is 4.79 Å². The maximum atomic E-state index is 11.5. The number of aromatic nitrogens is 3. The van der Waals surface area contributed by atoms with Gasteiger partial charge in [-0.2, -0.15) is 0 Å². The minimum atomic E-state index is -0.369. The molecule has 0 fully saturated rings. The Morgan fingerprint density at radius 1 is 1.79 bits per heavy atom. The lowest BCUT2D eigenvalue weighted by Gasteiger charge is -2.10. The Bertz CT molecular complexity index is 308. The average molecular weight is 197 g/mol. The Morgan fingerprint density at radius 2 is 2.50 bits per heavy atom. The van der Waals surface area contributed by atoms with Gasteiger partial charge >= 0.3 is 0 Å². The summed E-state index contributed by atoms with van der Waals surface area (Å²) in [6.45, 7) is 4.42. The SMILES string of the molecule is CCCNC(=O)C(C)n1cc(N)nn1. The number of anilines is 1. The van der Waals surface area contributed by atoms with Crippen LogP contribution < -0.4 is 11.1 Å². The van der Waals surface area contributed by atoms with Crippen LogP contribution in [0.2, 0.25) is 0 Å². The summed E-state index contributed by atoms with van der Waals surface area (Å²) in [7, 11) is 0. The van der Waals surface area contributed by atoms with E-state index in [1.165, 1.54) is 10.9 Å². The van der Waals surface area contributed by atoms with Crippen molar-refractivity contribution >= 4 is 11.7 Å². The number of hydrogen-bond donors (Lipinski definition) is 2. The summed E-state index contributed by atoms with van der Waals surface area (Å²) in [5.74, 6) is 0.247. The van der Waals surface area contributed by atoms with E-state index < -0.39 is 0 Å². The molecule has 0 aliphatic rings. The molecule has 1 atom stereocenters.